The molecule has 3 aromatic carbocycles. The van der Waals surface area contributed by atoms with Crippen LogP contribution in [0.1, 0.15) is 65.9 Å². The zero-order valence-electron chi connectivity index (χ0n) is 22.6. The molecule has 0 radical (unpaired) electrons. The molecule has 0 amide bonds. The van der Waals surface area contributed by atoms with Crippen LogP contribution in [-0.2, 0) is 14.9 Å². The number of carbonyl (C=O) groups is 1. The molecule has 0 atom stereocenters. The second kappa shape index (κ2) is 11.9. The third kappa shape index (κ3) is 7.50. The Balaban J connectivity index is 1.26. The van der Waals surface area contributed by atoms with Crippen molar-refractivity contribution in [2.24, 2.45) is 5.92 Å². The van der Waals surface area contributed by atoms with Crippen LogP contribution in [0.25, 0.3) is 0 Å². The smallest absolute Gasteiger partial charge is 0.357 e. The molecule has 1 fully saturated rings. The van der Waals surface area contributed by atoms with Crippen LogP contribution < -0.4 is 30.7 Å². The summed E-state index contributed by atoms with van der Waals surface area (Å²) in [5.41, 5.74) is 1.22. The number of hydrogen-bond acceptors (Lipinski definition) is 4. The quantitative estimate of drug-likeness (QED) is 0.257. The van der Waals surface area contributed by atoms with Gasteiger partial charge in [0.15, 0.2) is 13.7 Å². The van der Waals surface area contributed by atoms with E-state index in [-0.39, 0.29) is 44.8 Å². The largest absolute Gasteiger partial charge is 0.482 e. The highest BCUT2D eigenvalue weighted by atomic mass is 127. The molecule has 0 N–H and O–H groups in total. The third-order valence-electron chi connectivity index (χ3n) is 6.98. The van der Waals surface area contributed by atoms with Crippen molar-refractivity contribution in [1.82, 2.24) is 0 Å². The normalized spacial score (nSPS) is 15.0. The molecule has 0 bridgehead atoms. The van der Waals surface area contributed by atoms with Gasteiger partial charge in [-0.1, -0.05) is 46.8 Å². The number of ether oxygens (including phenoxy) is 3. The van der Waals surface area contributed by atoms with Gasteiger partial charge in [0, 0.05) is 0 Å². The second-order valence-corrected chi connectivity index (χ2v) is 14.1. The maximum atomic E-state index is 12.4. The first kappa shape index (κ1) is 27.5. The molecule has 1 aliphatic rings. The van der Waals surface area contributed by atoms with Crippen LogP contribution in [0.15, 0.2) is 72.8 Å². The van der Waals surface area contributed by atoms with Crippen molar-refractivity contribution < 1.29 is 40.2 Å². The molecule has 0 aliphatic heterocycles. The van der Waals surface area contributed by atoms with Crippen molar-refractivity contribution in [3.8, 4) is 17.2 Å². The fourth-order valence-corrected chi connectivity index (χ4v) is 6.77. The Morgan fingerprint density at radius 2 is 1.30 bits per heavy atom. The molecular weight excluding hydrogens is 575 g/mol. The zero-order valence-corrected chi connectivity index (χ0v) is 24.7. The van der Waals surface area contributed by atoms with Crippen molar-refractivity contribution in [3.63, 3.8) is 0 Å². The molecule has 196 valence electrons. The van der Waals surface area contributed by atoms with Crippen LogP contribution in [0.5, 0.6) is 17.2 Å². The predicted octanol–water partition coefficient (Wildman–Crippen LogP) is 4.80. The van der Waals surface area contributed by atoms with Crippen LogP contribution in [0.4, 0.5) is 0 Å². The van der Waals surface area contributed by atoms with E-state index in [1.54, 1.807) is 0 Å². The van der Waals surface area contributed by atoms with Crippen LogP contribution in [0.3, 0.4) is 0 Å². The SMILES string of the molecule is CC(C)C1(OC(=O)COc2ccc(Oc3ccc([I+]c4ccc(C(C)(C)C)cc4)cc3)cc2)CCCC1. The van der Waals surface area contributed by atoms with Gasteiger partial charge in [-0.25, -0.2) is 4.79 Å². The number of hydrogen-bond donors (Lipinski definition) is 0. The molecule has 0 unspecified atom stereocenters. The Morgan fingerprint density at radius 1 is 0.811 bits per heavy atom. The lowest BCUT2D eigenvalue weighted by Gasteiger charge is -2.33. The minimum absolute atomic E-state index is 0.0852. The summed E-state index contributed by atoms with van der Waals surface area (Å²) < 4.78 is 20.3. The number of esters is 1. The monoisotopic (exact) mass is 613 g/mol. The molecule has 37 heavy (non-hydrogen) atoms. The molecule has 0 saturated heterocycles. The summed E-state index contributed by atoms with van der Waals surface area (Å²) in [6.07, 6.45) is 4.11. The van der Waals surface area contributed by atoms with E-state index in [1.807, 2.05) is 36.4 Å². The summed E-state index contributed by atoms with van der Waals surface area (Å²) in [6.45, 7) is 10.9. The first-order valence-corrected chi connectivity index (χ1v) is 15.3. The van der Waals surface area contributed by atoms with Gasteiger partial charge in [0.05, 0.1) is 0 Å². The van der Waals surface area contributed by atoms with Crippen LogP contribution in [-0.4, -0.2) is 18.2 Å². The van der Waals surface area contributed by atoms with Crippen LogP contribution >= 0.6 is 0 Å². The van der Waals surface area contributed by atoms with E-state index in [0.29, 0.717) is 11.7 Å². The summed E-state index contributed by atoms with van der Waals surface area (Å²) >= 11 is -0.231. The second-order valence-electron chi connectivity index (χ2n) is 11.1. The highest BCUT2D eigenvalue weighted by Crippen LogP contribution is 2.39. The average molecular weight is 614 g/mol. The summed E-state index contributed by atoms with van der Waals surface area (Å²) in [6, 6.07) is 24.7. The fourth-order valence-electron chi connectivity index (χ4n) is 4.61. The molecule has 4 rings (SSSR count). The molecule has 4 nitrogen and oxygen atoms in total. The van der Waals surface area contributed by atoms with Crippen LogP contribution in [0, 0.1) is 13.1 Å². The van der Waals surface area contributed by atoms with Crippen molar-refractivity contribution >= 4 is 5.97 Å². The van der Waals surface area contributed by atoms with Gasteiger partial charge in [0.25, 0.3) is 0 Å². The van der Waals surface area contributed by atoms with Crippen molar-refractivity contribution in [3.05, 3.63) is 85.5 Å². The van der Waals surface area contributed by atoms with E-state index in [1.165, 1.54) is 12.7 Å². The average Bonchev–Trinajstić information content (AvgIpc) is 3.34. The molecule has 0 aromatic heterocycles. The zero-order chi connectivity index (χ0) is 26.5. The molecule has 1 saturated carbocycles. The van der Waals surface area contributed by atoms with Crippen LogP contribution in [0.2, 0.25) is 0 Å². The maximum absolute atomic E-state index is 12.4. The lowest BCUT2D eigenvalue weighted by Crippen LogP contribution is -3.61. The predicted molar refractivity (Wildman–Crippen MR) is 143 cm³/mol. The number of benzene rings is 3. The first-order chi connectivity index (χ1) is 17.6. The number of halogens is 1. The van der Waals surface area contributed by atoms with E-state index in [2.05, 4.69) is 71.0 Å². The van der Waals surface area contributed by atoms with Gasteiger partial charge in [-0.3, -0.25) is 0 Å². The van der Waals surface area contributed by atoms with Gasteiger partial charge >= 0.3 is 27.2 Å². The molecular formula is C32H38IO4+. The van der Waals surface area contributed by atoms with E-state index in [4.69, 9.17) is 14.2 Å². The molecule has 1 aliphatic carbocycles. The van der Waals surface area contributed by atoms with E-state index >= 15 is 0 Å². The van der Waals surface area contributed by atoms with Gasteiger partial charge in [0.2, 0.25) is 0 Å². The fraction of sp³-hybridized carbons (Fsp3) is 0.406. The van der Waals surface area contributed by atoms with E-state index in [0.717, 1.165) is 37.2 Å². The maximum Gasteiger partial charge on any atom is 0.357 e. The minimum atomic E-state index is -0.327. The summed E-state index contributed by atoms with van der Waals surface area (Å²) in [5, 5.41) is 0. The van der Waals surface area contributed by atoms with Gasteiger partial charge < -0.3 is 14.2 Å². The number of carbonyl (C=O) groups excluding carboxylic acids is 1. The summed E-state index contributed by atoms with van der Waals surface area (Å²) in [5.74, 6) is 2.14. The molecule has 5 heteroatoms. The highest BCUT2D eigenvalue weighted by molar-refractivity contribution is 5.71. The van der Waals surface area contributed by atoms with E-state index < -0.39 is 0 Å². The number of rotatable bonds is 9. The summed E-state index contributed by atoms with van der Waals surface area (Å²) in [7, 11) is 0. The molecule has 3 aromatic rings. The standard InChI is InChI=1S/C32H38IO4/c1-23(2)32(20-6-7-21-32)37-30(34)22-35-27-16-18-29(19-17-27)36-28-14-12-26(13-15-28)33-25-10-8-24(9-11-25)31(3,4)5/h8-19,23H,6-7,20-22H2,1-5H3/q+1. The Bertz CT molecular complexity index is 1150. The molecule has 0 heterocycles. The van der Waals surface area contributed by atoms with Crippen molar-refractivity contribution in [2.45, 2.75) is 71.3 Å². The summed E-state index contributed by atoms with van der Waals surface area (Å²) in [4.78, 5) is 12.4. The van der Waals surface area contributed by atoms with Gasteiger partial charge in [-0.2, -0.15) is 0 Å². The Kier molecular flexibility index (Phi) is 8.83. The lowest BCUT2D eigenvalue weighted by molar-refractivity contribution is -0.597. The van der Waals surface area contributed by atoms with Gasteiger partial charge in [-0.15, -0.1) is 0 Å². The Morgan fingerprint density at radius 3 is 1.81 bits per heavy atom. The van der Waals surface area contributed by atoms with Gasteiger partial charge in [0.1, 0.15) is 22.8 Å². The first-order valence-electron chi connectivity index (χ1n) is 13.1. The molecule has 0 spiro atoms. The van der Waals surface area contributed by atoms with E-state index in [9.17, 15) is 4.79 Å². The van der Waals surface area contributed by atoms with Gasteiger partial charge in [-0.05, 0) is 103 Å². The third-order valence-corrected chi connectivity index (χ3v) is 9.66. The highest BCUT2D eigenvalue weighted by Gasteiger charge is 2.40. The minimum Gasteiger partial charge on any atom is -0.482 e. The topological polar surface area (TPSA) is 44.8 Å². The Hall–Kier alpha value is -2.54. The van der Waals surface area contributed by atoms with Crippen molar-refractivity contribution in [2.75, 3.05) is 6.61 Å². The lowest BCUT2D eigenvalue weighted by atomic mass is 9.87. The Labute approximate surface area is 232 Å². The van der Waals surface area contributed by atoms with Crippen molar-refractivity contribution in [1.29, 1.82) is 0 Å².